The summed E-state index contributed by atoms with van der Waals surface area (Å²) in [5, 5.41) is 0.229. The van der Waals surface area contributed by atoms with Crippen LogP contribution in [-0.2, 0) is 16.6 Å². The molecule has 7 nitrogen and oxygen atoms in total. The monoisotopic (exact) mass is 363 g/mol. The van der Waals surface area contributed by atoms with E-state index in [0.717, 1.165) is 25.7 Å². The number of sulfonamides is 1. The summed E-state index contributed by atoms with van der Waals surface area (Å²) in [6.07, 6.45) is 3.75. The quantitative estimate of drug-likeness (QED) is 0.834. The smallest absolute Gasteiger partial charge is 0.293 e. The standard InChI is InChI=1S/C17H21N3O4S/c1-10-7-13-12(8-14(10)25(23,24)19-17(2)5-6-17)15(21)18-16(22)20(13)9-11-3-4-11/h7-8,11,19H,3-6,9H2,1-2H3,(H,18,21,22). The molecule has 2 fully saturated rings. The number of aromatic amines is 1. The van der Waals surface area contributed by atoms with E-state index in [2.05, 4.69) is 9.71 Å². The Bertz CT molecular complexity index is 1090. The van der Waals surface area contributed by atoms with Crippen molar-refractivity contribution in [3.05, 3.63) is 38.5 Å². The number of hydrogen-bond donors (Lipinski definition) is 2. The largest absolute Gasteiger partial charge is 0.328 e. The van der Waals surface area contributed by atoms with E-state index in [1.807, 2.05) is 6.92 Å². The topological polar surface area (TPSA) is 101 Å². The van der Waals surface area contributed by atoms with Gasteiger partial charge in [0.05, 0.1) is 15.8 Å². The van der Waals surface area contributed by atoms with Crippen molar-refractivity contribution in [3.63, 3.8) is 0 Å². The SMILES string of the molecule is Cc1cc2c(cc1S(=O)(=O)NC1(C)CC1)c(=O)[nH]c(=O)n2CC1CC1. The molecule has 0 amide bonds. The number of aryl methyl sites for hydroxylation is 1. The van der Waals surface area contributed by atoms with Gasteiger partial charge < -0.3 is 0 Å². The summed E-state index contributed by atoms with van der Waals surface area (Å²) in [6, 6.07) is 3.03. The lowest BCUT2D eigenvalue weighted by Gasteiger charge is -2.16. The number of nitrogens with one attached hydrogen (secondary N) is 2. The number of benzene rings is 1. The zero-order chi connectivity index (χ0) is 18.0. The van der Waals surface area contributed by atoms with Crippen molar-refractivity contribution < 1.29 is 8.42 Å². The van der Waals surface area contributed by atoms with E-state index in [9.17, 15) is 18.0 Å². The molecule has 4 rings (SSSR count). The molecule has 0 spiro atoms. The van der Waals surface area contributed by atoms with Crippen LogP contribution in [0.1, 0.15) is 38.2 Å². The summed E-state index contributed by atoms with van der Waals surface area (Å²) in [4.78, 5) is 26.8. The van der Waals surface area contributed by atoms with Crippen molar-refractivity contribution >= 4 is 20.9 Å². The fourth-order valence-corrected chi connectivity index (χ4v) is 4.84. The molecule has 134 valence electrons. The number of nitrogens with zero attached hydrogens (tertiary/aromatic N) is 1. The van der Waals surface area contributed by atoms with Crippen LogP contribution in [0.5, 0.6) is 0 Å². The Morgan fingerprint density at radius 1 is 1.28 bits per heavy atom. The van der Waals surface area contributed by atoms with Gasteiger partial charge in [-0.25, -0.2) is 17.9 Å². The molecule has 1 heterocycles. The van der Waals surface area contributed by atoms with Crippen molar-refractivity contribution in [2.24, 2.45) is 5.92 Å². The Hall–Kier alpha value is -1.93. The van der Waals surface area contributed by atoms with Crippen LogP contribution in [-0.4, -0.2) is 23.5 Å². The van der Waals surface area contributed by atoms with Crippen molar-refractivity contribution in [3.8, 4) is 0 Å². The van der Waals surface area contributed by atoms with Gasteiger partial charge in [0.25, 0.3) is 5.56 Å². The van der Waals surface area contributed by atoms with Gasteiger partial charge in [0.1, 0.15) is 0 Å². The maximum absolute atomic E-state index is 12.7. The molecule has 0 unspecified atom stereocenters. The van der Waals surface area contributed by atoms with Crippen molar-refractivity contribution in [1.29, 1.82) is 0 Å². The molecule has 1 aromatic carbocycles. The number of aromatic nitrogens is 2. The molecule has 0 bridgehead atoms. The summed E-state index contributed by atoms with van der Waals surface area (Å²) in [7, 11) is -3.72. The summed E-state index contributed by atoms with van der Waals surface area (Å²) in [5.41, 5.74) is -0.366. The maximum atomic E-state index is 12.7. The summed E-state index contributed by atoms with van der Waals surface area (Å²) < 4.78 is 29.7. The Morgan fingerprint density at radius 3 is 2.56 bits per heavy atom. The molecule has 8 heteroatoms. The van der Waals surface area contributed by atoms with E-state index in [-0.39, 0.29) is 10.3 Å². The normalized spacial score (nSPS) is 19.3. The van der Waals surface area contributed by atoms with E-state index < -0.39 is 26.8 Å². The molecule has 2 saturated carbocycles. The molecule has 0 atom stereocenters. The van der Waals surface area contributed by atoms with Crippen LogP contribution in [0.2, 0.25) is 0 Å². The summed E-state index contributed by atoms with van der Waals surface area (Å²) >= 11 is 0. The molecule has 2 aliphatic rings. The number of rotatable bonds is 5. The van der Waals surface area contributed by atoms with Crippen molar-refractivity contribution in [2.75, 3.05) is 0 Å². The van der Waals surface area contributed by atoms with Gasteiger partial charge in [-0.3, -0.25) is 14.3 Å². The van der Waals surface area contributed by atoms with Gasteiger partial charge in [-0.1, -0.05) is 0 Å². The second-order valence-corrected chi connectivity index (χ2v) is 9.27. The van der Waals surface area contributed by atoms with Gasteiger partial charge in [0.2, 0.25) is 10.0 Å². The Kier molecular flexibility index (Phi) is 3.49. The molecular formula is C17H21N3O4S. The van der Waals surface area contributed by atoms with Crippen LogP contribution in [0.3, 0.4) is 0 Å². The van der Waals surface area contributed by atoms with E-state index in [4.69, 9.17) is 0 Å². The van der Waals surface area contributed by atoms with Gasteiger partial charge in [-0.05, 0) is 63.1 Å². The molecule has 0 aliphatic heterocycles. The van der Waals surface area contributed by atoms with Gasteiger partial charge in [-0.2, -0.15) is 0 Å². The average molecular weight is 363 g/mol. The van der Waals surface area contributed by atoms with E-state index in [1.54, 1.807) is 17.6 Å². The van der Waals surface area contributed by atoms with Gasteiger partial charge in [0.15, 0.2) is 0 Å². The Labute approximate surface area is 145 Å². The molecule has 1 aromatic heterocycles. The fraction of sp³-hybridized carbons (Fsp3) is 0.529. The van der Waals surface area contributed by atoms with Crippen LogP contribution < -0.4 is 16.0 Å². The van der Waals surface area contributed by atoms with Crippen LogP contribution >= 0.6 is 0 Å². The number of hydrogen-bond acceptors (Lipinski definition) is 4. The lowest BCUT2D eigenvalue weighted by molar-refractivity contribution is 0.557. The van der Waals surface area contributed by atoms with Crippen LogP contribution in [0, 0.1) is 12.8 Å². The zero-order valence-corrected chi connectivity index (χ0v) is 15.1. The molecule has 0 saturated heterocycles. The highest BCUT2D eigenvalue weighted by Crippen LogP contribution is 2.36. The van der Waals surface area contributed by atoms with E-state index >= 15 is 0 Å². The highest BCUT2D eigenvalue weighted by Gasteiger charge is 2.41. The lowest BCUT2D eigenvalue weighted by Crippen LogP contribution is -2.35. The van der Waals surface area contributed by atoms with Crippen molar-refractivity contribution in [2.45, 2.75) is 56.5 Å². The Morgan fingerprint density at radius 2 is 1.96 bits per heavy atom. The molecule has 0 radical (unpaired) electrons. The van der Waals surface area contributed by atoms with Crippen LogP contribution in [0.4, 0.5) is 0 Å². The average Bonchev–Trinajstić information content (AvgIpc) is 3.41. The van der Waals surface area contributed by atoms with Crippen LogP contribution in [0.25, 0.3) is 10.9 Å². The zero-order valence-electron chi connectivity index (χ0n) is 14.3. The summed E-state index contributed by atoms with van der Waals surface area (Å²) in [5.74, 6) is 0.451. The molecule has 25 heavy (non-hydrogen) atoms. The lowest BCUT2D eigenvalue weighted by atomic mass is 10.1. The number of H-pyrrole nitrogens is 1. The van der Waals surface area contributed by atoms with Gasteiger partial charge in [-0.15, -0.1) is 0 Å². The first-order valence-electron chi connectivity index (χ1n) is 8.50. The minimum absolute atomic E-state index is 0.0928. The molecule has 2 aliphatic carbocycles. The third-order valence-electron chi connectivity index (χ3n) is 5.10. The Balaban J connectivity index is 1.89. The molecular weight excluding hydrogens is 342 g/mol. The highest BCUT2D eigenvalue weighted by molar-refractivity contribution is 7.89. The predicted octanol–water partition coefficient (Wildman–Crippen LogP) is 1.24. The maximum Gasteiger partial charge on any atom is 0.328 e. The third-order valence-corrected chi connectivity index (χ3v) is 6.88. The second kappa shape index (κ2) is 5.28. The first kappa shape index (κ1) is 16.5. The van der Waals surface area contributed by atoms with Gasteiger partial charge in [0, 0.05) is 12.1 Å². The second-order valence-electron chi connectivity index (χ2n) is 7.61. The third kappa shape index (κ3) is 3.04. The summed E-state index contributed by atoms with van der Waals surface area (Å²) in [6.45, 7) is 4.10. The molecule has 2 aromatic rings. The predicted molar refractivity (Wildman–Crippen MR) is 94.3 cm³/mol. The highest BCUT2D eigenvalue weighted by atomic mass is 32.2. The first-order valence-corrected chi connectivity index (χ1v) is 9.98. The minimum atomic E-state index is -3.72. The van der Waals surface area contributed by atoms with E-state index in [1.165, 1.54) is 6.07 Å². The van der Waals surface area contributed by atoms with E-state index in [0.29, 0.717) is 23.5 Å². The molecule has 2 N–H and O–H groups in total. The fourth-order valence-electron chi connectivity index (χ4n) is 3.12. The van der Waals surface area contributed by atoms with Gasteiger partial charge >= 0.3 is 5.69 Å². The first-order chi connectivity index (χ1) is 11.7. The van der Waals surface area contributed by atoms with Crippen LogP contribution in [0.15, 0.2) is 26.6 Å². The number of fused-ring (bicyclic) bond motifs is 1. The van der Waals surface area contributed by atoms with Crippen molar-refractivity contribution in [1.82, 2.24) is 14.3 Å². The minimum Gasteiger partial charge on any atom is -0.293 e.